The summed E-state index contributed by atoms with van der Waals surface area (Å²) in [5.74, 6) is -12.4. The highest BCUT2D eigenvalue weighted by atomic mass is 127. The molecule has 0 radical (unpaired) electrons. The summed E-state index contributed by atoms with van der Waals surface area (Å²) in [5, 5.41) is 0. The zero-order valence-electron chi connectivity index (χ0n) is 9.73. The molecular formula is C8H6F11IO. The Morgan fingerprint density at radius 1 is 0.810 bits per heavy atom. The van der Waals surface area contributed by atoms with Crippen LogP contribution in [0.15, 0.2) is 0 Å². The summed E-state index contributed by atoms with van der Waals surface area (Å²) in [4.78, 5) is 0. The van der Waals surface area contributed by atoms with Crippen LogP contribution in [0.3, 0.4) is 0 Å². The van der Waals surface area contributed by atoms with Gasteiger partial charge >= 0.3 is 30.2 Å². The van der Waals surface area contributed by atoms with E-state index in [2.05, 4.69) is 4.74 Å². The molecule has 0 aliphatic carbocycles. The molecule has 0 fully saturated rings. The van der Waals surface area contributed by atoms with Crippen molar-refractivity contribution in [1.29, 1.82) is 0 Å². The topological polar surface area (TPSA) is 9.23 Å². The van der Waals surface area contributed by atoms with Gasteiger partial charge in [0, 0.05) is 10.3 Å². The van der Waals surface area contributed by atoms with Gasteiger partial charge in [-0.15, -0.1) is 0 Å². The molecule has 0 N–H and O–H groups in total. The molecule has 0 aromatic heterocycles. The lowest BCUT2D eigenvalue weighted by Gasteiger charge is -2.35. The summed E-state index contributed by atoms with van der Waals surface area (Å²) in [6.07, 6.45) is -21.8. The van der Waals surface area contributed by atoms with Gasteiger partial charge in [0.05, 0.1) is 0 Å². The standard InChI is InChI=1S/C8H6F11IO/c1-3(20)2-4(9,6(12,13)14)21-8(18,19)5(10,11)7(15,16)17/h3H,2H2,1H3/t3-,4+/m1/s1. The second kappa shape index (κ2) is 5.85. The van der Waals surface area contributed by atoms with Crippen molar-refractivity contribution in [1.82, 2.24) is 0 Å². The summed E-state index contributed by atoms with van der Waals surface area (Å²) < 4.78 is 137. The molecule has 0 saturated carbocycles. The first kappa shape index (κ1) is 20.9. The second-order valence-electron chi connectivity index (χ2n) is 3.90. The van der Waals surface area contributed by atoms with Gasteiger partial charge in [0.1, 0.15) is 0 Å². The van der Waals surface area contributed by atoms with Gasteiger partial charge in [-0.3, -0.25) is 4.74 Å². The Labute approximate surface area is 123 Å². The third kappa shape index (κ3) is 4.45. The first-order valence-corrected chi connectivity index (χ1v) is 6.04. The van der Waals surface area contributed by atoms with E-state index in [1.165, 1.54) is 0 Å². The Morgan fingerprint density at radius 2 is 1.19 bits per heavy atom. The predicted molar refractivity (Wildman–Crippen MR) is 55.0 cm³/mol. The van der Waals surface area contributed by atoms with Crippen LogP contribution in [0.2, 0.25) is 0 Å². The first-order valence-electron chi connectivity index (χ1n) is 4.79. The quantitative estimate of drug-likeness (QED) is 0.314. The summed E-state index contributed by atoms with van der Waals surface area (Å²) in [7, 11) is 0. The number of alkyl halides is 12. The smallest absolute Gasteiger partial charge is 0.269 e. The van der Waals surface area contributed by atoms with Gasteiger partial charge in [-0.1, -0.05) is 29.5 Å². The lowest BCUT2D eigenvalue weighted by atomic mass is 10.1. The Morgan fingerprint density at radius 3 is 1.43 bits per heavy atom. The average molecular weight is 454 g/mol. The number of ether oxygens (including phenoxy) is 1. The largest absolute Gasteiger partial charge is 0.462 e. The van der Waals surface area contributed by atoms with Crippen molar-refractivity contribution in [2.75, 3.05) is 0 Å². The lowest BCUT2D eigenvalue weighted by Crippen LogP contribution is -2.59. The molecule has 0 aliphatic rings. The molecule has 0 saturated heterocycles. The van der Waals surface area contributed by atoms with E-state index in [0.29, 0.717) is 0 Å². The minimum atomic E-state index is -7.00. The van der Waals surface area contributed by atoms with Gasteiger partial charge in [-0.25, -0.2) is 4.39 Å². The van der Waals surface area contributed by atoms with Crippen molar-refractivity contribution in [3.05, 3.63) is 0 Å². The van der Waals surface area contributed by atoms with Crippen molar-refractivity contribution in [2.24, 2.45) is 0 Å². The van der Waals surface area contributed by atoms with Crippen LogP contribution >= 0.6 is 22.6 Å². The molecule has 0 heterocycles. The highest BCUT2D eigenvalue weighted by Gasteiger charge is 2.78. The summed E-state index contributed by atoms with van der Waals surface area (Å²) >= 11 is 1.12. The van der Waals surface area contributed by atoms with Crippen LogP contribution in [0.1, 0.15) is 13.3 Å². The van der Waals surface area contributed by atoms with Gasteiger partial charge in [0.15, 0.2) is 0 Å². The van der Waals surface area contributed by atoms with Gasteiger partial charge in [-0.2, -0.15) is 43.9 Å². The minimum Gasteiger partial charge on any atom is -0.269 e. The van der Waals surface area contributed by atoms with Crippen molar-refractivity contribution in [2.45, 2.75) is 47.5 Å². The van der Waals surface area contributed by atoms with Crippen LogP contribution < -0.4 is 0 Å². The molecule has 0 bridgehead atoms. The molecule has 0 amide bonds. The lowest BCUT2D eigenvalue weighted by molar-refractivity contribution is -0.483. The number of halogens is 12. The number of hydrogen-bond donors (Lipinski definition) is 0. The zero-order chi connectivity index (χ0) is 17.5. The van der Waals surface area contributed by atoms with E-state index in [0.717, 1.165) is 29.5 Å². The fraction of sp³-hybridized carbons (Fsp3) is 1.00. The molecule has 21 heavy (non-hydrogen) atoms. The minimum absolute atomic E-state index is 0.879. The Bertz CT molecular complexity index is 360. The maximum absolute atomic E-state index is 13.4. The molecule has 13 heteroatoms. The third-order valence-corrected chi connectivity index (χ3v) is 2.42. The van der Waals surface area contributed by atoms with Crippen molar-refractivity contribution >= 4 is 22.6 Å². The zero-order valence-corrected chi connectivity index (χ0v) is 11.9. The highest BCUT2D eigenvalue weighted by Crippen LogP contribution is 2.52. The van der Waals surface area contributed by atoms with Crippen LogP contribution in [0.5, 0.6) is 0 Å². The highest BCUT2D eigenvalue weighted by molar-refractivity contribution is 14.1. The molecule has 0 rings (SSSR count). The van der Waals surface area contributed by atoms with Crippen LogP contribution in [0.4, 0.5) is 48.3 Å². The van der Waals surface area contributed by atoms with E-state index < -0.39 is 40.6 Å². The Hall–Kier alpha value is -0.0800. The Balaban J connectivity index is 5.64. The van der Waals surface area contributed by atoms with Crippen LogP contribution in [0, 0.1) is 0 Å². The first-order chi connectivity index (χ1) is 8.87. The molecule has 0 aromatic carbocycles. The van der Waals surface area contributed by atoms with Crippen molar-refractivity contribution in [3.8, 4) is 0 Å². The van der Waals surface area contributed by atoms with E-state index in [-0.39, 0.29) is 0 Å². The SMILES string of the molecule is C[C@@H](I)C[C@](F)(OC(F)(F)C(F)(F)C(F)(F)F)C(F)(F)F. The molecular weight excluding hydrogens is 448 g/mol. The fourth-order valence-corrected chi connectivity index (χ4v) is 1.58. The monoisotopic (exact) mass is 454 g/mol. The van der Waals surface area contributed by atoms with E-state index in [1.807, 2.05) is 0 Å². The van der Waals surface area contributed by atoms with Gasteiger partial charge < -0.3 is 0 Å². The van der Waals surface area contributed by atoms with Crippen molar-refractivity contribution < 1.29 is 53.0 Å². The van der Waals surface area contributed by atoms with E-state index in [4.69, 9.17) is 0 Å². The van der Waals surface area contributed by atoms with E-state index in [1.54, 1.807) is 0 Å². The fourth-order valence-electron chi connectivity index (χ4n) is 1.01. The predicted octanol–water partition coefficient (Wildman–Crippen LogP) is 5.24. The van der Waals surface area contributed by atoms with Crippen LogP contribution in [0.25, 0.3) is 0 Å². The number of rotatable bonds is 5. The molecule has 128 valence electrons. The van der Waals surface area contributed by atoms with Gasteiger partial charge in [0.25, 0.3) is 0 Å². The summed E-state index contributed by atoms with van der Waals surface area (Å²) in [6.45, 7) is 0.879. The van der Waals surface area contributed by atoms with Gasteiger partial charge in [-0.05, 0) is 0 Å². The Kier molecular flexibility index (Phi) is 5.83. The molecule has 1 nitrogen and oxygen atoms in total. The molecule has 0 aromatic rings. The molecule has 0 unspecified atom stereocenters. The maximum Gasteiger partial charge on any atom is 0.462 e. The maximum atomic E-state index is 13.4. The number of hydrogen-bond acceptors (Lipinski definition) is 1. The van der Waals surface area contributed by atoms with E-state index in [9.17, 15) is 48.3 Å². The third-order valence-electron chi connectivity index (χ3n) is 1.98. The van der Waals surface area contributed by atoms with Crippen LogP contribution in [-0.2, 0) is 4.74 Å². The summed E-state index contributed by atoms with van der Waals surface area (Å²) in [6, 6.07) is 0. The van der Waals surface area contributed by atoms with Crippen LogP contribution in [-0.4, -0.2) is 34.2 Å². The summed E-state index contributed by atoms with van der Waals surface area (Å²) in [5.41, 5.74) is 0. The molecule has 2 atom stereocenters. The normalized spacial score (nSPS) is 19.3. The molecule has 0 aliphatic heterocycles. The average Bonchev–Trinajstić information content (AvgIpc) is 2.10. The van der Waals surface area contributed by atoms with Gasteiger partial charge in [0.2, 0.25) is 0 Å². The van der Waals surface area contributed by atoms with Crippen molar-refractivity contribution in [3.63, 3.8) is 0 Å². The van der Waals surface area contributed by atoms with E-state index >= 15 is 0 Å². The molecule has 0 spiro atoms. The second-order valence-corrected chi connectivity index (χ2v) is 6.03.